The summed E-state index contributed by atoms with van der Waals surface area (Å²) < 4.78 is 0. The third kappa shape index (κ3) is 7.44. The second-order valence-corrected chi connectivity index (χ2v) is 5.54. The monoisotopic (exact) mass is 351 g/mol. The van der Waals surface area contributed by atoms with Crippen LogP contribution >= 0.6 is 0 Å². The van der Waals surface area contributed by atoms with Crippen LogP contribution in [0.15, 0.2) is 66.7 Å². The van der Waals surface area contributed by atoms with Gasteiger partial charge in [0, 0.05) is 19.0 Å². The first-order valence-corrected chi connectivity index (χ1v) is 8.26. The molecule has 134 valence electrons. The standard InChI is InChI=1S/C20H21N3O3/c24-18(12-11-16-7-3-1-4-8-16)21-14-13-19(25)22-23-20(26)15-17-9-5-2-6-10-17/h1-12H,13-15H2,(H,21,24)(H,22,25)(H,23,26)/b12-11+. The van der Waals surface area contributed by atoms with Gasteiger partial charge in [0.2, 0.25) is 17.7 Å². The molecule has 0 aliphatic carbocycles. The van der Waals surface area contributed by atoms with Crippen LogP contribution in [-0.4, -0.2) is 24.3 Å². The van der Waals surface area contributed by atoms with Crippen molar-refractivity contribution in [3.05, 3.63) is 77.9 Å². The molecule has 0 spiro atoms. The molecule has 0 aliphatic rings. The molecule has 6 heteroatoms. The predicted molar refractivity (Wildman–Crippen MR) is 99.5 cm³/mol. The van der Waals surface area contributed by atoms with Gasteiger partial charge in [0.25, 0.3) is 0 Å². The maximum absolute atomic E-state index is 11.7. The lowest BCUT2D eigenvalue weighted by atomic mass is 10.1. The molecule has 0 aliphatic heterocycles. The Labute approximate surface area is 152 Å². The maximum atomic E-state index is 11.7. The summed E-state index contributed by atoms with van der Waals surface area (Å²) in [6.45, 7) is 0.179. The normalized spacial score (nSPS) is 10.3. The van der Waals surface area contributed by atoms with Gasteiger partial charge in [-0.2, -0.15) is 0 Å². The van der Waals surface area contributed by atoms with Gasteiger partial charge in [0.15, 0.2) is 0 Å². The van der Waals surface area contributed by atoms with E-state index < -0.39 is 0 Å². The number of hydrogen-bond donors (Lipinski definition) is 3. The molecule has 0 saturated heterocycles. The summed E-state index contributed by atoms with van der Waals surface area (Å²) >= 11 is 0. The zero-order valence-electron chi connectivity index (χ0n) is 14.3. The molecule has 3 amide bonds. The van der Waals surface area contributed by atoms with E-state index in [-0.39, 0.29) is 37.1 Å². The molecular weight excluding hydrogens is 330 g/mol. The molecule has 26 heavy (non-hydrogen) atoms. The molecule has 6 nitrogen and oxygen atoms in total. The van der Waals surface area contributed by atoms with Crippen molar-refractivity contribution in [2.75, 3.05) is 6.54 Å². The molecule has 2 aromatic rings. The first-order valence-electron chi connectivity index (χ1n) is 8.26. The van der Waals surface area contributed by atoms with E-state index in [4.69, 9.17) is 0 Å². The fourth-order valence-corrected chi connectivity index (χ4v) is 2.12. The third-order valence-electron chi connectivity index (χ3n) is 3.43. The largest absolute Gasteiger partial charge is 0.352 e. The molecule has 0 heterocycles. The zero-order valence-corrected chi connectivity index (χ0v) is 14.3. The number of hydrogen-bond acceptors (Lipinski definition) is 3. The lowest BCUT2D eigenvalue weighted by molar-refractivity contribution is -0.128. The Balaban J connectivity index is 1.60. The molecule has 0 saturated carbocycles. The van der Waals surface area contributed by atoms with Crippen molar-refractivity contribution < 1.29 is 14.4 Å². The number of carbonyl (C=O) groups excluding carboxylic acids is 3. The third-order valence-corrected chi connectivity index (χ3v) is 3.43. The summed E-state index contributed by atoms with van der Waals surface area (Å²) in [5.41, 5.74) is 6.45. The Hall–Kier alpha value is -3.41. The van der Waals surface area contributed by atoms with E-state index in [9.17, 15) is 14.4 Å². The highest BCUT2D eigenvalue weighted by Crippen LogP contribution is 2.00. The van der Waals surface area contributed by atoms with Crippen molar-refractivity contribution in [1.82, 2.24) is 16.2 Å². The number of rotatable bonds is 7. The Morgan fingerprint density at radius 3 is 2.12 bits per heavy atom. The Bertz CT molecular complexity index is 758. The Morgan fingerprint density at radius 2 is 1.42 bits per heavy atom. The minimum absolute atomic E-state index is 0.0660. The molecule has 0 unspecified atom stereocenters. The van der Waals surface area contributed by atoms with Gasteiger partial charge in [0.05, 0.1) is 6.42 Å². The molecule has 0 aromatic heterocycles. The Morgan fingerprint density at radius 1 is 0.808 bits per heavy atom. The molecule has 0 bridgehead atoms. The number of carbonyl (C=O) groups is 3. The van der Waals surface area contributed by atoms with Crippen molar-refractivity contribution in [3.8, 4) is 0 Å². The Kier molecular flexibility index (Phi) is 7.61. The second-order valence-electron chi connectivity index (χ2n) is 5.54. The zero-order chi connectivity index (χ0) is 18.6. The van der Waals surface area contributed by atoms with Gasteiger partial charge in [-0.15, -0.1) is 0 Å². The molecule has 0 fully saturated rings. The van der Waals surface area contributed by atoms with Crippen molar-refractivity contribution in [2.24, 2.45) is 0 Å². The lowest BCUT2D eigenvalue weighted by Gasteiger charge is -2.07. The molecule has 0 atom stereocenters. The first-order chi connectivity index (χ1) is 12.6. The number of nitrogens with one attached hydrogen (secondary N) is 3. The van der Waals surface area contributed by atoms with Crippen LogP contribution in [0.25, 0.3) is 6.08 Å². The minimum atomic E-state index is -0.376. The summed E-state index contributed by atoms with van der Waals surface area (Å²) in [5, 5.41) is 2.61. The SMILES string of the molecule is O=C(/C=C/c1ccccc1)NCCC(=O)NNC(=O)Cc1ccccc1. The van der Waals surface area contributed by atoms with Gasteiger partial charge in [-0.05, 0) is 17.2 Å². The highest BCUT2D eigenvalue weighted by Gasteiger charge is 2.06. The van der Waals surface area contributed by atoms with E-state index in [1.54, 1.807) is 6.08 Å². The highest BCUT2D eigenvalue weighted by atomic mass is 16.2. The van der Waals surface area contributed by atoms with Crippen molar-refractivity contribution in [3.63, 3.8) is 0 Å². The fraction of sp³-hybridized carbons (Fsp3) is 0.150. The molecule has 0 radical (unpaired) electrons. The maximum Gasteiger partial charge on any atom is 0.244 e. The van der Waals surface area contributed by atoms with Crippen LogP contribution in [0.4, 0.5) is 0 Å². The van der Waals surface area contributed by atoms with Gasteiger partial charge in [-0.25, -0.2) is 0 Å². The van der Waals surface area contributed by atoms with Gasteiger partial charge in [0.1, 0.15) is 0 Å². The van der Waals surface area contributed by atoms with E-state index in [1.807, 2.05) is 60.7 Å². The van der Waals surface area contributed by atoms with Crippen LogP contribution in [0.3, 0.4) is 0 Å². The second kappa shape index (κ2) is 10.5. The van der Waals surface area contributed by atoms with E-state index in [0.717, 1.165) is 11.1 Å². The molecule has 2 aromatic carbocycles. The van der Waals surface area contributed by atoms with Crippen LogP contribution in [-0.2, 0) is 20.8 Å². The number of benzene rings is 2. The van der Waals surface area contributed by atoms with E-state index in [0.29, 0.717) is 0 Å². The summed E-state index contributed by atoms with van der Waals surface area (Å²) in [7, 11) is 0. The summed E-state index contributed by atoms with van der Waals surface area (Å²) in [5.74, 6) is -0.965. The summed E-state index contributed by atoms with van der Waals surface area (Å²) in [4.78, 5) is 35.0. The lowest BCUT2D eigenvalue weighted by Crippen LogP contribution is -2.43. The number of amides is 3. The quantitative estimate of drug-likeness (QED) is 0.523. The van der Waals surface area contributed by atoms with Crippen LogP contribution in [0.5, 0.6) is 0 Å². The predicted octanol–water partition coefficient (Wildman–Crippen LogP) is 1.60. The number of hydrazine groups is 1. The van der Waals surface area contributed by atoms with Gasteiger partial charge < -0.3 is 5.32 Å². The van der Waals surface area contributed by atoms with Crippen molar-refractivity contribution in [1.29, 1.82) is 0 Å². The first kappa shape index (κ1) is 18.9. The van der Waals surface area contributed by atoms with Crippen LogP contribution < -0.4 is 16.2 Å². The van der Waals surface area contributed by atoms with Gasteiger partial charge in [-0.3, -0.25) is 25.2 Å². The highest BCUT2D eigenvalue weighted by molar-refractivity contribution is 5.92. The summed E-state index contributed by atoms with van der Waals surface area (Å²) in [6.07, 6.45) is 3.35. The van der Waals surface area contributed by atoms with Crippen LogP contribution in [0, 0.1) is 0 Å². The van der Waals surface area contributed by atoms with Crippen LogP contribution in [0.1, 0.15) is 17.5 Å². The van der Waals surface area contributed by atoms with E-state index >= 15 is 0 Å². The molecule has 3 N–H and O–H groups in total. The molecular formula is C20H21N3O3. The molecule has 2 rings (SSSR count). The van der Waals surface area contributed by atoms with Gasteiger partial charge >= 0.3 is 0 Å². The van der Waals surface area contributed by atoms with E-state index in [2.05, 4.69) is 16.2 Å². The minimum Gasteiger partial charge on any atom is -0.352 e. The smallest absolute Gasteiger partial charge is 0.244 e. The fourth-order valence-electron chi connectivity index (χ4n) is 2.12. The van der Waals surface area contributed by atoms with Crippen molar-refractivity contribution in [2.45, 2.75) is 12.8 Å². The average molecular weight is 351 g/mol. The topological polar surface area (TPSA) is 87.3 Å². The van der Waals surface area contributed by atoms with Gasteiger partial charge in [-0.1, -0.05) is 60.7 Å². The average Bonchev–Trinajstić information content (AvgIpc) is 2.66. The van der Waals surface area contributed by atoms with Crippen molar-refractivity contribution >= 4 is 23.8 Å². The van der Waals surface area contributed by atoms with Crippen LogP contribution in [0.2, 0.25) is 0 Å². The van der Waals surface area contributed by atoms with E-state index in [1.165, 1.54) is 6.08 Å². The summed E-state index contributed by atoms with van der Waals surface area (Å²) in [6, 6.07) is 18.7.